The first kappa shape index (κ1) is 12.0. The minimum atomic E-state index is -0.228. The highest BCUT2D eigenvalue weighted by Crippen LogP contribution is 2.27. The molecule has 0 aromatic heterocycles. The third-order valence-corrected chi connectivity index (χ3v) is 2.57. The van der Waals surface area contributed by atoms with E-state index in [1.165, 1.54) is 0 Å². The van der Waals surface area contributed by atoms with Crippen molar-refractivity contribution < 1.29 is 14.3 Å². The fourth-order valence-corrected chi connectivity index (χ4v) is 1.93. The van der Waals surface area contributed by atoms with Crippen LogP contribution in [0.2, 0.25) is 0 Å². The van der Waals surface area contributed by atoms with Gasteiger partial charge in [-0.15, -0.1) is 0 Å². The van der Waals surface area contributed by atoms with Gasteiger partial charge in [-0.2, -0.15) is 0 Å². The standard InChI is InChI=1S/C12H18O3/c1-3-15-12(14)11-7-5-4-6-10(11)8-9(2)13/h3-8H2,1-2H3. The molecule has 1 aliphatic carbocycles. The lowest BCUT2D eigenvalue weighted by molar-refractivity contribution is -0.138. The van der Waals surface area contributed by atoms with E-state index in [0.717, 1.165) is 36.8 Å². The lowest BCUT2D eigenvalue weighted by Crippen LogP contribution is -2.14. The fourth-order valence-electron chi connectivity index (χ4n) is 1.93. The molecule has 0 saturated carbocycles. The molecule has 0 atom stereocenters. The second-order valence-corrected chi connectivity index (χ2v) is 3.89. The van der Waals surface area contributed by atoms with Gasteiger partial charge in [-0.1, -0.05) is 5.57 Å². The summed E-state index contributed by atoms with van der Waals surface area (Å²) in [6, 6.07) is 0. The van der Waals surface area contributed by atoms with E-state index in [1.807, 2.05) is 0 Å². The maximum Gasteiger partial charge on any atom is 0.333 e. The van der Waals surface area contributed by atoms with Gasteiger partial charge in [0.15, 0.2) is 0 Å². The Morgan fingerprint density at radius 3 is 2.53 bits per heavy atom. The molecule has 15 heavy (non-hydrogen) atoms. The highest BCUT2D eigenvalue weighted by molar-refractivity contribution is 5.91. The van der Waals surface area contributed by atoms with Gasteiger partial charge >= 0.3 is 5.97 Å². The molecule has 0 heterocycles. The van der Waals surface area contributed by atoms with Crippen LogP contribution in [0.3, 0.4) is 0 Å². The summed E-state index contributed by atoms with van der Waals surface area (Å²) >= 11 is 0. The highest BCUT2D eigenvalue weighted by Gasteiger charge is 2.20. The Labute approximate surface area is 90.5 Å². The first-order valence-electron chi connectivity index (χ1n) is 5.52. The molecule has 0 spiro atoms. The predicted octanol–water partition coefficient (Wildman–Crippen LogP) is 2.40. The molecule has 0 aromatic carbocycles. The van der Waals surface area contributed by atoms with Crippen molar-refractivity contribution in [3.8, 4) is 0 Å². The lowest BCUT2D eigenvalue weighted by atomic mass is 9.89. The molecular weight excluding hydrogens is 192 g/mol. The molecule has 3 heteroatoms. The van der Waals surface area contributed by atoms with Crippen molar-refractivity contribution in [3.05, 3.63) is 11.1 Å². The minimum absolute atomic E-state index is 0.119. The van der Waals surface area contributed by atoms with E-state index in [2.05, 4.69) is 0 Å². The maximum absolute atomic E-state index is 11.6. The van der Waals surface area contributed by atoms with E-state index in [-0.39, 0.29) is 11.8 Å². The summed E-state index contributed by atoms with van der Waals surface area (Å²) in [5.74, 6) is -0.109. The molecule has 0 aromatic rings. The molecule has 1 aliphatic rings. The van der Waals surface area contributed by atoms with Crippen molar-refractivity contribution in [3.63, 3.8) is 0 Å². The zero-order valence-electron chi connectivity index (χ0n) is 9.47. The van der Waals surface area contributed by atoms with Crippen LogP contribution >= 0.6 is 0 Å². The summed E-state index contributed by atoms with van der Waals surface area (Å²) in [7, 11) is 0. The summed E-state index contributed by atoms with van der Waals surface area (Å²) in [5.41, 5.74) is 1.74. The van der Waals surface area contributed by atoms with Crippen LogP contribution in [0.5, 0.6) is 0 Å². The van der Waals surface area contributed by atoms with Gasteiger partial charge in [0.05, 0.1) is 6.61 Å². The minimum Gasteiger partial charge on any atom is -0.463 e. The first-order chi connectivity index (χ1) is 7.15. The number of hydrogen-bond donors (Lipinski definition) is 0. The molecule has 0 N–H and O–H groups in total. The van der Waals surface area contributed by atoms with Gasteiger partial charge in [0.25, 0.3) is 0 Å². The predicted molar refractivity (Wildman–Crippen MR) is 57.4 cm³/mol. The van der Waals surface area contributed by atoms with E-state index in [9.17, 15) is 9.59 Å². The van der Waals surface area contributed by atoms with Crippen LogP contribution < -0.4 is 0 Å². The van der Waals surface area contributed by atoms with Crippen molar-refractivity contribution >= 4 is 11.8 Å². The lowest BCUT2D eigenvalue weighted by Gasteiger charge is -2.18. The van der Waals surface area contributed by atoms with Crippen molar-refractivity contribution in [2.75, 3.05) is 6.61 Å². The Hall–Kier alpha value is -1.12. The number of Topliss-reactive ketones (excluding diaryl/α,β-unsaturated/α-hetero) is 1. The van der Waals surface area contributed by atoms with Gasteiger partial charge in [0.2, 0.25) is 0 Å². The summed E-state index contributed by atoms with van der Waals surface area (Å²) in [5, 5.41) is 0. The quantitative estimate of drug-likeness (QED) is 0.669. The van der Waals surface area contributed by atoms with Crippen molar-refractivity contribution in [2.24, 2.45) is 0 Å². The number of carbonyl (C=O) groups excluding carboxylic acids is 2. The van der Waals surface area contributed by atoms with E-state index in [4.69, 9.17) is 4.74 Å². The SMILES string of the molecule is CCOC(=O)C1=C(CC(C)=O)CCCC1. The summed E-state index contributed by atoms with van der Waals surface area (Å²) in [6.45, 7) is 3.76. The van der Waals surface area contributed by atoms with Crippen LogP contribution in [0.4, 0.5) is 0 Å². The van der Waals surface area contributed by atoms with Gasteiger partial charge in [0, 0.05) is 12.0 Å². The number of ketones is 1. The Kier molecular flexibility index (Phi) is 4.53. The third kappa shape index (κ3) is 3.50. The number of esters is 1. The Bertz CT molecular complexity index is 289. The second kappa shape index (κ2) is 5.69. The average molecular weight is 210 g/mol. The number of carbonyl (C=O) groups is 2. The van der Waals surface area contributed by atoms with Gasteiger partial charge in [-0.3, -0.25) is 4.79 Å². The van der Waals surface area contributed by atoms with Gasteiger partial charge in [-0.25, -0.2) is 4.79 Å². The summed E-state index contributed by atoms with van der Waals surface area (Å²) < 4.78 is 4.99. The Morgan fingerprint density at radius 1 is 1.27 bits per heavy atom. The largest absolute Gasteiger partial charge is 0.463 e. The molecular formula is C12H18O3. The van der Waals surface area contributed by atoms with Crippen LogP contribution in [-0.4, -0.2) is 18.4 Å². The average Bonchev–Trinajstić information content (AvgIpc) is 2.18. The molecule has 0 fully saturated rings. The molecule has 0 amide bonds. The number of hydrogen-bond acceptors (Lipinski definition) is 3. The van der Waals surface area contributed by atoms with Crippen LogP contribution in [-0.2, 0) is 14.3 Å². The molecule has 0 aliphatic heterocycles. The second-order valence-electron chi connectivity index (χ2n) is 3.89. The van der Waals surface area contributed by atoms with Crippen LogP contribution in [0.1, 0.15) is 46.0 Å². The van der Waals surface area contributed by atoms with E-state index < -0.39 is 0 Å². The van der Waals surface area contributed by atoms with Crippen LogP contribution in [0, 0.1) is 0 Å². The Balaban J connectivity index is 2.80. The molecule has 0 radical (unpaired) electrons. The molecule has 84 valence electrons. The topological polar surface area (TPSA) is 43.4 Å². The number of rotatable bonds is 4. The Morgan fingerprint density at radius 2 is 1.93 bits per heavy atom. The maximum atomic E-state index is 11.6. The van der Waals surface area contributed by atoms with Gasteiger partial charge < -0.3 is 4.74 Å². The van der Waals surface area contributed by atoms with Crippen LogP contribution in [0.15, 0.2) is 11.1 Å². The number of allylic oxidation sites excluding steroid dienone is 1. The van der Waals surface area contributed by atoms with E-state index in [0.29, 0.717) is 13.0 Å². The van der Waals surface area contributed by atoms with Crippen molar-refractivity contribution in [1.29, 1.82) is 0 Å². The van der Waals surface area contributed by atoms with E-state index in [1.54, 1.807) is 13.8 Å². The zero-order valence-corrected chi connectivity index (χ0v) is 9.47. The van der Waals surface area contributed by atoms with Crippen LogP contribution in [0.25, 0.3) is 0 Å². The highest BCUT2D eigenvalue weighted by atomic mass is 16.5. The van der Waals surface area contributed by atoms with Gasteiger partial charge in [0.1, 0.15) is 5.78 Å². The molecule has 0 bridgehead atoms. The monoisotopic (exact) mass is 210 g/mol. The van der Waals surface area contributed by atoms with Crippen molar-refractivity contribution in [2.45, 2.75) is 46.0 Å². The van der Waals surface area contributed by atoms with Gasteiger partial charge in [-0.05, 0) is 39.5 Å². The van der Waals surface area contributed by atoms with E-state index >= 15 is 0 Å². The third-order valence-electron chi connectivity index (χ3n) is 2.57. The summed E-state index contributed by atoms with van der Waals surface area (Å²) in [6.07, 6.45) is 4.14. The first-order valence-corrected chi connectivity index (χ1v) is 5.52. The van der Waals surface area contributed by atoms with Crippen molar-refractivity contribution in [1.82, 2.24) is 0 Å². The summed E-state index contributed by atoms with van der Waals surface area (Å²) in [4.78, 5) is 22.7. The molecule has 0 unspecified atom stereocenters. The zero-order chi connectivity index (χ0) is 11.3. The smallest absolute Gasteiger partial charge is 0.333 e. The normalized spacial score (nSPS) is 16.4. The molecule has 0 saturated heterocycles. The molecule has 1 rings (SSSR count). The number of ether oxygens (including phenoxy) is 1. The fraction of sp³-hybridized carbons (Fsp3) is 0.667. The molecule has 3 nitrogen and oxygen atoms in total.